The lowest BCUT2D eigenvalue weighted by Gasteiger charge is -2.13. The molecule has 1 amide bonds. The van der Waals surface area contributed by atoms with Crippen molar-refractivity contribution in [3.8, 4) is 0 Å². The molecule has 0 aliphatic heterocycles. The Kier molecular flexibility index (Phi) is 3.89. The van der Waals surface area contributed by atoms with Gasteiger partial charge in [0, 0.05) is 22.3 Å². The van der Waals surface area contributed by atoms with E-state index in [4.69, 9.17) is 0 Å². The van der Waals surface area contributed by atoms with Crippen molar-refractivity contribution in [3.63, 3.8) is 0 Å². The van der Waals surface area contributed by atoms with Crippen molar-refractivity contribution in [3.05, 3.63) is 45.4 Å². The number of nitrogens with zero attached hydrogens (tertiary/aromatic N) is 1. The molecule has 1 aliphatic carbocycles. The number of aromatic nitrogens is 1. The van der Waals surface area contributed by atoms with Crippen LogP contribution in [-0.4, -0.2) is 16.5 Å². The Morgan fingerprint density at radius 2 is 2.24 bits per heavy atom. The molecule has 2 heterocycles. The van der Waals surface area contributed by atoms with E-state index in [1.54, 1.807) is 11.3 Å². The third-order valence-electron chi connectivity index (χ3n) is 4.40. The van der Waals surface area contributed by atoms with Crippen LogP contribution in [0.25, 0.3) is 0 Å². The summed E-state index contributed by atoms with van der Waals surface area (Å²) < 4.78 is 2.22. The Labute approximate surface area is 130 Å². The Morgan fingerprint density at radius 1 is 1.48 bits per heavy atom. The molecule has 0 aromatic carbocycles. The zero-order chi connectivity index (χ0) is 15.0. The molecule has 0 spiro atoms. The molecule has 1 saturated carbocycles. The van der Waals surface area contributed by atoms with E-state index < -0.39 is 0 Å². The molecule has 1 N–H and O–H groups in total. The fourth-order valence-corrected chi connectivity index (χ4v) is 3.52. The normalized spacial score (nSPS) is 16.0. The topological polar surface area (TPSA) is 34.0 Å². The molecule has 3 rings (SSSR count). The Balaban J connectivity index is 1.78. The van der Waals surface area contributed by atoms with E-state index in [0.29, 0.717) is 5.92 Å². The van der Waals surface area contributed by atoms with Gasteiger partial charge in [0.1, 0.15) is 0 Å². The third kappa shape index (κ3) is 3.05. The lowest BCUT2D eigenvalue weighted by Crippen LogP contribution is -2.34. The SMILES string of the molecule is Cc1cc(C(=O)N[C@H](C)C2CC2)c(C)n1Cc1cccs1. The number of rotatable bonds is 5. The average molecular weight is 302 g/mol. The Morgan fingerprint density at radius 3 is 2.86 bits per heavy atom. The molecule has 1 aliphatic rings. The summed E-state index contributed by atoms with van der Waals surface area (Å²) in [7, 11) is 0. The number of hydrogen-bond acceptors (Lipinski definition) is 2. The quantitative estimate of drug-likeness (QED) is 0.897. The largest absolute Gasteiger partial charge is 0.349 e. The maximum atomic E-state index is 12.5. The van der Waals surface area contributed by atoms with Crippen LogP contribution >= 0.6 is 11.3 Å². The van der Waals surface area contributed by atoms with Crippen LogP contribution in [0.15, 0.2) is 23.6 Å². The smallest absolute Gasteiger partial charge is 0.253 e. The summed E-state index contributed by atoms with van der Waals surface area (Å²) >= 11 is 1.75. The van der Waals surface area contributed by atoms with Gasteiger partial charge in [0.15, 0.2) is 0 Å². The summed E-state index contributed by atoms with van der Waals surface area (Å²) in [6.07, 6.45) is 2.50. The predicted octanol–water partition coefficient (Wildman–Crippen LogP) is 3.74. The summed E-state index contributed by atoms with van der Waals surface area (Å²) in [4.78, 5) is 13.8. The lowest BCUT2D eigenvalue weighted by molar-refractivity contribution is 0.0935. The van der Waals surface area contributed by atoms with Gasteiger partial charge in [0.05, 0.1) is 12.1 Å². The molecule has 2 aromatic heterocycles. The second kappa shape index (κ2) is 5.68. The fourth-order valence-electron chi connectivity index (χ4n) is 2.83. The molecule has 112 valence electrons. The highest BCUT2D eigenvalue weighted by Gasteiger charge is 2.29. The maximum Gasteiger partial charge on any atom is 0.253 e. The summed E-state index contributed by atoms with van der Waals surface area (Å²) in [6.45, 7) is 7.07. The van der Waals surface area contributed by atoms with Gasteiger partial charge in [-0.15, -0.1) is 11.3 Å². The maximum absolute atomic E-state index is 12.5. The van der Waals surface area contributed by atoms with Crippen molar-refractivity contribution in [2.24, 2.45) is 5.92 Å². The highest BCUT2D eigenvalue weighted by atomic mass is 32.1. The lowest BCUT2D eigenvalue weighted by atomic mass is 10.2. The van der Waals surface area contributed by atoms with Gasteiger partial charge in [-0.1, -0.05) is 6.07 Å². The molecule has 0 unspecified atom stereocenters. The summed E-state index contributed by atoms with van der Waals surface area (Å²) in [5.41, 5.74) is 3.02. The minimum atomic E-state index is 0.0694. The van der Waals surface area contributed by atoms with Gasteiger partial charge >= 0.3 is 0 Å². The number of hydrogen-bond donors (Lipinski definition) is 1. The molecular weight excluding hydrogens is 280 g/mol. The Bertz CT molecular complexity index is 638. The number of thiophene rings is 1. The molecule has 0 bridgehead atoms. The number of aryl methyl sites for hydroxylation is 1. The van der Waals surface area contributed by atoms with Crippen molar-refractivity contribution in [1.29, 1.82) is 0 Å². The molecule has 2 aromatic rings. The summed E-state index contributed by atoms with van der Waals surface area (Å²) in [5.74, 6) is 0.753. The number of nitrogens with one attached hydrogen (secondary N) is 1. The monoisotopic (exact) mass is 302 g/mol. The van der Waals surface area contributed by atoms with E-state index in [1.165, 1.54) is 17.7 Å². The standard InChI is InChI=1S/C17H22N2OS/c1-11-9-16(17(20)18-12(2)14-6-7-14)13(3)19(11)10-15-5-4-8-21-15/h4-5,8-9,12,14H,6-7,10H2,1-3H3,(H,18,20)/t12-/m1/s1. The van der Waals surface area contributed by atoms with Crippen LogP contribution in [0, 0.1) is 19.8 Å². The first kappa shape index (κ1) is 14.4. The van der Waals surface area contributed by atoms with Gasteiger partial charge in [-0.25, -0.2) is 0 Å². The molecule has 0 saturated heterocycles. The first-order valence-corrected chi connectivity index (χ1v) is 8.44. The molecule has 1 atom stereocenters. The highest BCUT2D eigenvalue weighted by molar-refractivity contribution is 7.09. The van der Waals surface area contributed by atoms with Crippen LogP contribution in [0.1, 0.15) is 46.4 Å². The summed E-state index contributed by atoms with van der Waals surface area (Å²) in [6, 6.07) is 6.51. The molecule has 0 radical (unpaired) electrons. The minimum absolute atomic E-state index is 0.0694. The van der Waals surface area contributed by atoms with E-state index in [-0.39, 0.29) is 11.9 Å². The zero-order valence-electron chi connectivity index (χ0n) is 12.8. The third-order valence-corrected chi connectivity index (χ3v) is 5.26. The van der Waals surface area contributed by atoms with Gasteiger partial charge in [0.2, 0.25) is 0 Å². The predicted molar refractivity (Wildman–Crippen MR) is 87.0 cm³/mol. The molecule has 21 heavy (non-hydrogen) atoms. The Hall–Kier alpha value is -1.55. The van der Waals surface area contributed by atoms with E-state index in [0.717, 1.165) is 23.5 Å². The summed E-state index contributed by atoms with van der Waals surface area (Å²) in [5, 5.41) is 5.24. The van der Waals surface area contributed by atoms with Crippen LogP contribution in [0.2, 0.25) is 0 Å². The molecular formula is C17H22N2OS. The minimum Gasteiger partial charge on any atom is -0.349 e. The van der Waals surface area contributed by atoms with Crippen molar-refractivity contribution in [2.45, 2.75) is 46.2 Å². The van der Waals surface area contributed by atoms with Crippen LogP contribution in [0.5, 0.6) is 0 Å². The first-order chi connectivity index (χ1) is 10.1. The highest BCUT2D eigenvalue weighted by Crippen LogP contribution is 2.32. The van der Waals surface area contributed by atoms with E-state index in [2.05, 4.69) is 41.2 Å². The van der Waals surface area contributed by atoms with Crippen molar-refractivity contribution in [1.82, 2.24) is 9.88 Å². The van der Waals surface area contributed by atoms with E-state index >= 15 is 0 Å². The van der Waals surface area contributed by atoms with Crippen LogP contribution in [-0.2, 0) is 6.54 Å². The van der Waals surface area contributed by atoms with Gasteiger partial charge in [-0.05, 0) is 57.0 Å². The van der Waals surface area contributed by atoms with Crippen LogP contribution < -0.4 is 5.32 Å². The van der Waals surface area contributed by atoms with Crippen molar-refractivity contribution in [2.75, 3.05) is 0 Å². The second-order valence-electron chi connectivity index (χ2n) is 6.05. The van der Waals surface area contributed by atoms with Crippen LogP contribution in [0.4, 0.5) is 0 Å². The van der Waals surface area contributed by atoms with Gasteiger partial charge < -0.3 is 9.88 Å². The average Bonchev–Trinajstić information content (AvgIpc) is 3.11. The van der Waals surface area contributed by atoms with Gasteiger partial charge in [-0.2, -0.15) is 0 Å². The van der Waals surface area contributed by atoms with Gasteiger partial charge in [-0.3, -0.25) is 4.79 Å². The molecule has 4 heteroatoms. The number of carbonyl (C=O) groups is 1. The second-order valence-corrected chi connectivity index (χ2v) is 7.08. The molecule has 3 nitrogen and oxygen atoms in total. The number of amides is 1. The van der Waals surface area contributed by atoms with E-state index in [9.17, 15) is 4.79 Å². The molecule has 1 fully saturated rings. The first-order valence-electron chi connectivity index (χ1n) is 7.56. The fraction of sp³-hybridized carbons (Fsp3) is 0.471. The zero-order valence-corrected chi connectivity index (χ0v) is 13.7. The van der Waals surface area contributed by atoms with Gasteiger partial charge in [0.25, 0.3) is 5.91 Å². The van der Waals surface area contributed by atoms with E-state index in [1.807, 2.05) is 13.0 Å². The van der Waals surface area contributed by atoms with Crippen molar-refractivity contribution < 1.29 is 4.79 Å². The van der Waals surface area contributed by atoms with Crippen molar-refractivity contribution >= 4 is 17.2 Å². The van der Waals surface area contributed by atoms with Crippen LogP contribution in [0.3, 0.4) is 0 Å². The number of carbonyl (C=O) groups excluding carboxylic acids is 1.